The number of carbonyl (C=O) groups is 1. The average Bonchev–Trinajstić information content (AvgIpc) is 3.12. The quantitative estimate of drug-likeness (QED) is 0.609. The summed E-state index contributed by atoms with van der Waals surface area (Å²) >= 11 is 0. The first kappa shape index (κ1) is 14.9. The number of fused-ring (bicyclic) bond motifs is 1. The van der Waals surface area contributed by atoms with Crippen LogP contribution in [0, 0.1) is 0 Å². The van der Waals surface area contributed by atoms with Gasteiger partial charge < -0.3 is 5.32 Å². The summed E-state index contributed by atoms with van der Waals surface area (Å²) in [5.74, 6) is -0.260. The van der Waals surface area contributed by atoms with Crippen LogP contribution in [-0.2, 0) is 6.54 Å². The Morgan fingerprint density at radius 1 is 1.00 bits per heavy atom. The van der Waals surface area contributed by atoms with E-state index in [4.69, 9.17) is 0 Å². The van der Waals surface area contributed by atoms with Crippen LogP contribution in [0.4, 0.5) is 0 Å². The minimum atomic E-state index is -0.260. The van der Waals surface area contributed by atoms with E-state index in [1.165, 1.54) is 6.20 Å². The number of hydrogen-bond donors (Lipinski definition) is 1. The fourth-order valence-corrected chi connectivity index (χ4v) is 2.45. The molecule has 0 bridgehead atoms. The molecule has 8 heteroatoms. The van der Waals surface area contributed by atoms with Crippen molar-refractivity contribution in [2.75, 3.05) is 0 Å². The third-order valence-electron chi connectivity index (χ3n) is 3.63. The topological polar surface area (TPSA) is 98.0 Å². The van der Waals surface area contributed by atoms with Gasteiger partial charge in [-0.25, -0.2) is 9.50 Å². The number of amides is 1. The van der Waals surface area contributed by atoms with Crippen LogP contribution in [0.2, 0.25) is 0 Å². The number of pyridine rings is 1. The third kappa shape index (κ3) is 2.92. The zero-order chi connectivity index (χ0) is 17.1. The first-order valence-electron chi connectivity index (χ1n) is 7.60. The molecule has 0 aromatic carbocycles. The Balaban J connectivity index is 1.64. The molecule has 25 heavy (non-hydrogen) atoms. The number of nitrogens with zero attached hydrogens (tertiary/aromatic N) is 6. The van der Waals surface area contributed by atoms with Gasteiger partial charge in [-0.15, -0.1) is 0 Å². The molecule has 0 radical (unpaired) electrons. The third-order valence-corrected chi connectivity index (χ3v) is 3.63. The molecule has 4 rings (SSSR count). The number of rotatable bonds is 4. The van der Waals surface area contributed by atoms with E-state index < -0.39 is 0 Å². The second kappa shape index (κ2) is 6.44. The van der Waals surface area contributed by atoms with Gasteiger partial charge in [-0.1, -0.05) is 6.07 Å². The molecule has 0 unspecified atom stereocenters. The van der Waals surface area contributed by atoms with Gasteiger partial charge in [0.05, 0.1) is 30.3 Å². The van der Waals surface area contributed by atoms with Gasteiger partial charge >= 0.3 is 0 Å². The van der Waals surface area contributed by atoms with Crippen molar-refractivity contribution in [3.8, 4) is 11.4 Å². The van der Waals surface area contributed by atoms with E-state index in [9.17, 15) is 4.79 Å². The van der Waals surface area contributed by atoms with E-state index >= 15 is 0 Å². The number of carbonyl (C=O) groups excluding carboxylic acids is 1. The Kier molecular flexibility index (Phi) is 3.83. The average molecular weight is 331 g/mol. The highest BCUT2D eigenvalue weighted by molar-refractivity contribution is 5.99. The van der Waals surface area contributed by atoms with Crippen molar-refractivity contribution in [1.29, 1.82) is 0 Å². The largest absolute Gasteiger partial charge is 0.346 e. The van der Waals surface area contributed by atoms with Crippen molar-refractivity contribution in [2.24, 2.45) is 0 Å². The lowest BCUT2D eigenvalue weighted by Gasteiger charge is -2.05. The first-order valence-corrected chi connectivity index (χ1v) is 7.60. The molecule has 8 nitrogen and oxygen atoms in total. The van der Waals surface area contributed by atoms with Crippen molar-refractivity contribution in [2.45, 2.75) is 6.54 Å². The predicted octanol–water partition coefficient (Wildman–Crippen LogP) is 1.51. The molecule has 0 fully saturated rings. The van der Waals surface area contributed by atoms with Gasteiger partial charge in [0.15, 0.2) is 5.65 Å². The minimum absolute atomic E-state index is 0.260. The Morgan fingerprint density at radius 2 is 1.96 bits per heavy atom. The van der Waals surface area contributed by atoms with Crippen LogP contribution in [0.15, 0.2) is 61.4 Å². The zero-order valence-electron chi connectivity index (χ0n) is 13.1. The Morgan fingerprint density at radius 3 is 2.76 bits per heavy atom. The molecule has 1 amide bonds. The molecule has 0 aliphatic rings. The molecule has 0 atom stereocenters. The van der Waals surface area contributed by atoms with Gasteiger partial charge in [0.25, 0.3) is 5.91 Å². The fraction of sp³-hybridized carbons (Fsp3) is 0.0588. The molecule has 0 saturated heterocycles. The Hall–Kier alpha value is -3.68. The molecule has 1 N–H and O–H groups in total. The molecule has 122 valence electrons. The lowest BCUT2D eigenvalue weighted by atomic mass is 10.2. The molecule has 0 spiro atoms. The number of nitrogens with one attached hydrogen (secondary N) is 1. The smallest absolute Gasteiger partial charge is 0.257 e. The van der Waals surface area contributed by atoms with E-state index in [1.807, 2.05) is 18.2 Å². The maximum absolute atomic E-state index is 12.5. The highest BCUT2D eigenvalue weighted by Crippen LogP contribution is 2.18. The van der Waals surface area contributed by atoms with Crippen LogP contribution in [0.3, 0.4) is 0 Å². The Bertz CT molecular complexity index is 1020. The van der Waals surface area contributed by atoms with Crippen LogP contribution < -0.4 is 5.32 Å². The first-order chi connectivity index (χ1) is 12.3. The molecule has 4 aromatic heterocycles. The zero-order valence-corrected chi connectivity index (χ0v) is 13.1. The normalized spacial score (nSPS) is 10.7. The highest BCUT2D eigenvalue weighted by atomic mass is 16.1. The van der Waals surface area contributed by atoms with E-state index in [0.717, 1.165) is 5.69 Å². The van der Waals surface area contributed by atoms with Crippen LogP contribution in [0.1, 0.15) is 16.1 Å². The van der Waals surface area contributed by atoms with Crippen LogP contribution in [0.5, 0.6) is 0 Å². The summed E-state index contributed by atoms with van der Waals surface area (Å²) in [7, 11) is 0. The molecule has 4 aromatic rings. The molecular weight excluding hydrogens is 318 g/mol. The summed E-state index contributed by atoms with van der Waals surface area (Å²) in [6.45, 7) is 0.334. The van der Waals surface area contributed by atoms with Crippen LogP contribution in [-0.4, -0.2) is 35.5 Å². The fourth-order valence-electron chi connectivity index (χ4n) is 2.45. The lowest BCUT2D eigenvalue weighted by molar-refractivity contribution is 0.0952. The van der Waals surface area contributed by atoms with Gasteiger partial charge in [-0.05, 0) is 18.2 Å². The summed E-state index contributed by atoms with van der Waals surface area (Å²) < 4.78 is 1.58. The summed E-state index contributed by atoms with van der Waals surface area (Å²) in [5.41, 5.74) is 2.99. The monoisotopic (exact) mass is 331 g/mol. The number of hydrogen-bond acceptors (Lipinski definition) is 6. The van der Waals surface area contributed by atoms with Crippen molar-refractivity contribution >= 4 is 11.6 Å². The van der Waals surface area contributed by atoms with Crippen LogP contribution >= 0.6 is 0 Å². The molecule has 0 aliphatic heterocycles. The second-order valence-corrected chi connectivity index (χ2v) is 5.22. The second-order valence-electron chi connectivity index (χ2n) is 5.22. The van der Waals surface area contributed by atoms with Crippen molar-refractivity contribution in [1.82, 2.24) is 34.9 Å². The lowest BCUT2D eigenvalue weighted by Crippen LogP contribution is -2.23. The maximum atomic E-state index is 12.5. The van der Waals surface area contributed by atoms with Gasteiger partial charge in [-0.2, -0.15) is 5.10 Å². The summed E-state index contributed by atoms with van der Waals surface area (Å²) in [4.78, 5) is 29.3. The molecule has 4 heterocycles. The van der Waals surface area contributed by atoms with Gasteiger partial charge in [0.2, 0.25) is 0 Å². The summed E-state index contributed by atoms with van der Waals surface area (Å²) in [5, 5.41) is 7.11. The molecule has 0 saturated carbocycles. The van der Waals surface area contributed by atoms with Crippen molar-refractivity contribution in [3.05, 3.63) is 72.7 Å². The van der Waals surface area contributed by atoms with E-state index in [1.54, 1.807) is 41.6 Å². The van der Waals surface area contributed by atoms with Gasteiger partial charge in [0, 0.05) is 24.8 Å². The maximum Gasteiger partial charge on any atom is 0.257 e. The van der Waals surface area contributed by atoms with Crippen molar-refractivity contribution in [3.63, 3.8) is 0 Å². The Labute approximate surface area is 142 Å². The summed E-state index contributed by atoms with van der Waals surface area (Å²) in [6.07, 6.45) is 9.64. The SMILES string of the molecule is O=C(NCc1ccccn1)c1cnn2c(-c3cnccn3)ccnc12. The summed E-state index contributed by atoms with van der Waals surface area (Å²) in [6, 6.07) is 7.33. The van der Waals surface area contributed by atoms with E-state index in [0.29, 0.717) is 29.1 Å². The minimum Gasteiger partial charge on any atom is -0.346 e. The standard InChI is InChI=1S/C17H13N7O/c25-17(22-9-12-3-1-2-5-19-12)13-10-23-24-15(4-6-21-16(13)24)14-11-18-7-8-20-14/h1-8,10-11H,9H2,(H,22,25). The highest BCUT2D eigenvalue weighted by Gasteiger charge is 2.16. The predicted molar refractivity (Wildman–Crippen MR) is 89.4 cm³/mol. The van der Waals surface area contributed by atoms with Gasteiger partial charge in [0.1, 0.15) is 11.3 Å². The van der Waals surface area contributed by atoms with E-state index in [-0.39, 0.29) is 5.91 Å². The van der Waals surface area contributed by atoms with Crippen LogP contribution in [0.25, 0.3) is 17.0 Å². The molecule has 0 aliphatic carbocycles. The van der Waals surface area contributed by atoms with Crippen molar-refractivity contribution < 1.29 is 4.79 Å². The van der Waals surface area contributed by atoms with Gasteiger partial charge in [-0.3, -0.25) is 19.7 Å². The van der Waals surface area contributed by atoms with E-state index in [2.05, 4.69) is 30.4 Å². The number of aromatic nitrogens is 6. The molecular formula is C17H13N7O.